The number of ether oxygens (including phenoxy) is 1. The van der Waals surface area contributed by atoms with Gasteiger partial charge in [-0.3, -0.25) is 4.99 Å². The molecule has 0 N–H and O–H groups in total. The normalized spacial score (nSPS) is 19.5. The average Bonchev–Trinajstić information content (AvgIpc) is 3.42. The van der Waals surface area contributed by atoms with E-state index in [1.807, 2.05) is 81.4 Å². The van der Waals surface area contributed by atoms with Crippen LogP contribution in [0.4, 0.5) is 0 Å². The molecule has 0 spiro atoms. The van der Waals surface area contributed by atoms with E-state index in [1.54, 1.807) is 45.0 Å². The maximum absolute atomic E-state index is 13.7. The smallest absolute Gasteiger partial charge is 0.333 e. The summed E-state index contributed by atoms with van der Waals surface area (Å²) in [6.07, 6.45) is 0. The third-order valence-corrected chi connectivity index (χ3v) is 8.45. The first kappa shape index (κ1) is 26.8. The summed E-state index contributed by atoms with van der Waals surface area (Å²) < 4.78 is 34.6. The lowest BCUT2D eigenvalue weighted by atomic mass is 10.00. The number of aliphatic imine (C=N–C) groups is 1. The van der Waals surface area contributed by atoms with Crippen LogP contribution in [-0.4, -0.2) is 47.6 Å². The first-order chi connectivity index (χ1) is 17.3. The highest BCUT2D eigenvalue weighted by Gasteiger charge is 2.67. The summed E-state index contributed by atoms with van der Waals surface area (Å²) in [5.41, 5.74) is 1.62. The number of rotatable bonds is 7. The average molecular weight is 519 g/mol. The van der Waals surface area contributed by atoms with Gasteiger partial charge in [0, 0.05) is 11.1 Å². The largest absolute Gasteiger partial charge is 0.458 e. The third kappa shape index (κ3) is 5.68. The molecule has 0 bridgehead atoms. The van der Waals surface area contributed by atoms with Crippen LogP contribution in [0.5, 0.6) is 0 Å². The van der Waals surface area contributed by atoms with Crippen LogP contribution in [0.25, 0.3) is 0 Å². The first-order valence-corrected chi connectivity index (χ1v) is 13.8. The number of nitrogens with zero attached hydrogens (tertiary/aromatic N) is 2. The zero-order valence-corrected chi connectivity index (χ0v) is 23.0. The van der Waals surface area contributed by atoms with Crippen molar-refractivity contribution in [2.45, 2.75) is 69.7 Å². The second-order valence-electron chi connectivity index (χ2n) is 10.9. The second-order valence-corrected chi connectivity index (χ2v) is 12.7. The van der Waals surface area contributed by atoms with Gasteiger partial charge < -0.3 is 4.74 Å². The van der Waals surface area contributed by atoms with Crippen LogP contribution < -0.4 is 0 Å². The van der Waals surface area contributed by atoms with Crippen molar-refractivity contribution >= 4 is 21.7 Å². The van der Waals surface area contributed by atoms with Crippen molar-refractivity contribution in [3.63, 3.8) is 0 Å². The Hall–Kier alpha value is -3.29. The molecule has 1 heterocycles. The zero-order valence-electron chi connectivity index (χ0n) is 22.2. The minimum atomic E-state index is -3.87. The van der Waals surface area contributed by atoms with E-state index < -0.39 is 39.2 Å². The molecule has 6 nitrogen and oxygen atoms in total. The molecule has 0 amide bonds. The molecule has 0 radical (unpaired) electrons. The Morgan fingerprint density at radius 1 is 0.892 bits per heavy atom. The molecule has 3 aromatic carbocycles. The molecule has 0 aromatic heterocycles. The highest BCUT2D eigenvalue weighted by atomic mass is 32.2. The third-order valence-electron chi connectivity index (χ3n) is 6.36. The van der Waals surface area contributed by atoms with Crippen molar-refractivity contribution in [2.24, 2.45) is 4.99 Å². The molecule has 3 atom stereocenters. The molecule has 1 aliphatic heterocycles. The molecule has 0 saturated carbocycles. The molecule has 1 unspecified atom stereocenters. The fraction of sp³-hybridized carbons (Fsp3) is 0.333. The van der Waals surface area contributed by atoms with E-state index in [4.69, 9.17) is 9.73 Å². The Balaban J connectivity index is 1.84. The van der Waals surface area contributed by atoms with Crippen LogP contribution in [0.15, 0.2) is 94.8 Å². The van der Waals surface area contributed by atoms with Gasteiger partial charge in [0.2, 0.25) is 10.0 Å². The van der Waals surface area contributed by atoms with E-state index in [0.29, 0.717) is 5.71 Å². The maximum atomic E-state index is 13.7. The minimum absolute atomic E-state index is 0.187. The Morgan fingerprint density at radius 3 is 1.84 bits per heavy atom. The van der Waals surface area contributed by atoms with E-state index in [0.717, 1.165) is 16.7 Å². The lowest BCUT2D eigenvalue weighted by molar-refractivity contribution is -0.156. The number of sulfonamides is 1. The summed E-state index contributed by atoms with van der Waals surface area (Å²) in [4.78, 5) is 18.8. The monoisotopic (exact) mass is 518 g/mol. The number of carbonyl (C=O) groups excluding carboxylic acids is 1. The van der Waals surface area contributed by atoms with Crippen LogP contribution in [0.3, 0.4) is 0 Å². The molecule has 194 valence electrons. The van der Waals surface area contributed by atoms with E-state index in [-0.39, 0.29) is 4.90 Å². The Labute approximate surface area is 220 Å². The van der Waals surface area contributed by atoms with Crippen molar-refractivity contribution in [3.8, 4) is 0 Å². The number of aryl methyl sites for hydroxylation is 1. The lowest BCUT2D eigenvalue weighted by Crippen LogP contribution is -2.37. The van der Waals surface area contributed by atoms with E-state index >= 15 is 0 Å². The molecule has 3 aromatic rings. The van der Waals surface area contributed by atoms with Crippen LogP contribution in [0.1, 0.15) is 51.3 Å². The predicted octanol–water partition coefficient (Wildman–Crippen LogP) is 5.39. The lowest BCUT2D eigenvalue weighted by Gasteiger charge is -2.23. The molecule has 1 aliphatic rings. The van der Waals surface area contributed by atoms with Crippen molar-refractivity contribution < 1.29 is 17.9 Å². The summed E-state index contributed by atoms with van der Waals surface area (Å²) in [6.45, 7) is 10.9. The van der Waals surface area contributed by atoms with Gasteiger partial charge in [0.05, 0.1) is 22.2 Å². The maximum Gasteiger partial charge on any atom is 0.333 e. The van der Waals surface area contributed by atoms with Gasteiger partial charge in [0.25, 0.3) is 0 Å². The first-order valence-electron chi connectivity index (χ1n) is 12.3. The summed E-state index contributed by atoms with van der Waals surface area (Å²) in [5, 5.41) is 0. The van der Waals surface area contributed by atoms with Crippen LogP contribution in [0.2, 0.25) is 0 Å². The fourth-order valence-electron chi connectivity index (χ4n) is 4.54. The number of esters is 1. The Kier molecular flexibility index (Phi) is 7.14. The van der Waals surface area contributed by atoms with E-state index in [2.05, 4.69) is 0 Å². The molecular formula is C30H34N2O4S. The Morgan fingerprint density at radius 2 is 1.38 bits per heavy atom. The van der Waals surface area contributed by atoms with Gasteiger partial charge in [-0.15, -0.1) is 0 Å². The number of benzene rings is 3. The van der Waals surface area contributed by atoms with E-state index in [9.17, 15) is 13.2 Å². The van der Waals surface area contributed by atoms with Gasteiger partial charge in [0.15, 0.2) is 6.04 Å². The molecule has 4 rings (SSSR count). The molecule has 37 heavy (non-hydrogen) atoms. The van der Waals surface area contributed by atoms with Gasteiger partial charge in [-0.25, -0.2) is 13.2 Å². The van der Waals surface area contributed by atoms with Crippen LogP contribution in [-0.2, 0) is 19.6 Å². The highest BCUT2D eigenvalue weighted by molar-refractivity contribution is 7.89. The quantitative estimate of drug-likeness (QED) is 0.239. The standard InChI is InChI=1S/C30H34N2O4S/c1-21-17-19-24(20-18-21)37(34,35)32-27(30(32,5)6)26(28(33)36-29(2,3)4)31-25(22-13-9-7-10-14-22)23-15-11-8-12-16-23/h7-20,26-27H,1-6H3/t26-,27+,32?/m1/s1. The number of hydrogen-bond acceptors (Lipinski definition) is 5. The minimum Gasteiger partial charge on any atom is -0.458 e. The molecular weight excluding hydrogens is 484 g/mol. The topological polar surface area (TPSA) is 75.8 Å². The van der Waals surface area contributed by atoms with Gasteiger partial charge in [0.1, 0.15) is 5.60 Å². The fourth-order valence-corrected chi connectivity index (χ4v) is 6.60. The van der Waals surface area contributed by atoms with Gasteiger partial charge >= 0.3 is 5.97 Å². The van der Waals surface area contributed by atoms with Gasteiger partial charge in [-0.2, -0.15) is 4.31 Å². The van der Waals surface area contributed by atoms with Crippen molar-refractivity contribution in [3.05, 3.63) is 102 Å². The molecule has 1 fully saturated rings. The molecule has 7 heteroatoms. The highest BCUT2D eigenvalue weighted by Crippen LogP contribution is 2.48. The van der Waals surface area contributed by atoms with Crippen molar-refractivity contribution in [1.82, 2.24) is 4.31 Å². The van der Waals surface area contributed by atoms with Gasteiger partial charge in [-0.1, -0.05) is 78.4 Å². The van der Waals surface area contributed by atoms with Crippen LogP contribution in [0, 0.1) is 6.92 Å². The van der Waals surface area contributed by atoms with Gasteiger partial charge in [-0.05, 0) is 53.7 Å². The summed E-state index contributed by atoms with van der Waals surface area (Å²) >= 11 is 0. The summed E-state index contributed by atoms with van der Waals surface area (Å²) in [7, 11) is -3.87. The van der Waals surface area contributed by atoms with Crippen molar-refractivity contribution in [1.29, 1.82) is 0 Å². The summed E-state index contributed by atoms with van der Waals surface area (Å²) in [5.74, 6) is -0.559. The SMILES string of the molecule is Cc1ccc(S(=O)(=O)N2[C@@H]([C@@H](N=C(c3ccccc3)c3ccccc3)C(=O)OC(C)(C)C)C2(C)C)cc1. The van der Waals surface area contributed by atoms with Crippen molar-refractivity contribution in [2.75, 3.05) is 0 Å². The second kappa shape index (κ2) is 9.88. The molecule has 0 aliphatic carbocycles. The zero-order chi connectivity index (χ0) is 27.0. The summed E-state index contributed by atoms with van der Waals surface area (Å²) in [6, 6.07) is 24.1. The van der Waals surface area contributed by atoms with E-state index in [1.165, 1.54) is 4.31 Å². The predicted molar refractivity (Wildman–Crippen MR) is 146 cm³/mol. The Bertz CT molecular complexity index is 1350. The van der Waals surface area contributed by atoms with Crippen LogP contribution >= 0.6 is 0 Å². The molecule has 1 saturated heterocycles. The number of carbonyl (C=O) groups is 1. The number of hydrogen-bond donors (Lipinski definition) is 0.